The number of nitrogens with one attached hydrogen (secondary N) is 1. The van der Waals surface area contributed by atoms with Crippen LogP contribution in [0.3, 0.4) is 0 Å². The number of ether oxygens (including phenoxy) is 2. The molecule has 4 nitrogen and oxygen atoms in total. The number of aryl methyl sites for hydroxylation is 2. The van der Waals surface area contributed by atoms with Crippen molar-refractivity contribution in [2.75, 3.05) is 13.2 Å². The molecule has 0 spiro atoms. The van der Waals surface area contributed by atoms with Crippen LogP contribution in [0, 0.1) is 6.92 Å². The Balaban J connectivity index is 1.69. The molecule has 0 unspecified atom stereocenters. The third kappa shape index (κ3) is 5.61. The molecular formula is C20H25NO3. The first-order chi connectivity index (χ1) is 11.6. The Labute approximate surface area is 143 Å². The van der Waals surface area contributed by atoms with Crippen LogP contribution in [0.2, 0.25) is 0 Å². The first-order valence-electron chi connectivity index (χ1n) is 8.31. The lowest BCUT2D eigenvalue weighted by Gasteiger charge is -2.15. The van der Waals surface area contributed by atoms with Gasteiger partial charge in [0, 0.05) is 0 Å². The van der Waals surface area contributed by atoms with Gasteiger partial charge >= 0.3 is 0 Å². The van der Waals surface area contributed by atoms with Crippen molar-refractivity contribution in [3.8, 4) is 11.5 Å². The molecule has 1 atom stereocenters. The first-order valence-corrected chi connectivity index (χ1v) is 8.31. The van der Waals surface area contributed by atoms with Gasteiger partial charge in [0.1, 0.15) is 18.1 Å². The number of hydrogen-bond acceptors (Lipinski definition) is 3. The minimum Gasteiger partial charge on any atom is -0.492 e. The second kappa shape index (κ2) is 8.96. The van der Waals surface area contributed by atoms with E-state index in [1.54, 1.807) is 6.92 Å². The summed E-state index contributed by atoms with van der Waals surface area (Å²) < 4.78 is 11.2. The van der Waals surface area contributed by atoms with E-state index in [0.29, 0.717) is 18.9 Å². The van der Waals surface area contributed by atoms with Crippen LogP contribution in [-0.2, 0) is 11.2 Å². The van der Waals surface area contributed by atoms with Crippen molar-refractivity contribution in [1.29, 1.82) is 0 Å². The third-order valence-electron chi connectivity index (χ3n) is 3.70. The van der Waals surface area contributed by atoms with Gasteiger partial charge in [0.05, 0.1) is 6.54 Å². The van der Waals surface area contributed by atoms with Gasteiger partial charge in [0.2, 0.25) is 0 Å². The van der Waals surface area contributed by atoms with Gasteiger partial charge in [-0.3, -0.25) is 4.79 Å². The van der Waals surface area contributed by atoms with Crippen LogP contribution >= 0.6 is 0 Å². The monoisotopic (exact) mass is 327 g/mol. The third-order valence-corrected chi connectivity index (χ3v) is 3.70. The molecule has 0 aliphatic heterocycles. The fourth-order valence-electron chi connectivity index (χ4n) is 2.18. The van der Waals surface area contributed by atoms with E-state index < -0.39 is 6.10 Å². The number of carbonyl (C=O) groups excluding carboxylic acids is 1. The molecule has 0 fully saturated rings. The van der Waals surface area contributed by atoms with Gasteiger partial charge in [0.15, 0.2) is 6.10 Å². The molecule has 24 heavy (non-hydrogen) atoms. The molecule has 0 heterocycles. The number of carbonyl (C=O) groups is 1. The van der Waals surface area contributed by atoms with Gasteiger partial charge in [-0.25, -0.2) is 0 Å². The Bertz CT molecular complexity index is 635. The zero-order chi connectivity index (χ0) is 17.4. The Morgan fingerprint density at radius 2 is 1.67 bits per heavy atom. The molecule has 2 aromatic rings. The fraction of sp³-hybridized carbons (Fsp3) is 0.350. The second-order valence-corrected chi connectivity index (χ2v) is 5.71. The van der Waals surface area contributed by atoms with E-state index in [1.165, 1.54) is 5.56 Å². The van der Waals surface area contributed by atoms with Gasteiger partial charge in [-0.15, -0.1) is 0 Å². The summed E-state index contributed by atoms with van der Waals surface area (Å²) in [5.74, 6) is 1.35. The summed E-state index contributed by atoms with van der Waals surface area (Å²) in [7, 11) is 0. The summed E-state index contributed by atoms with van der Waals surface area (Å²) in [6, 6.07) is 15.6. The van der Waals surface area contributed by atoms with Gasteiger partial charge in [-0.1, -0.05) is 36.8 Å². The van der Waals surface area contributed by atoms with Gasteiger partial charge < -0.3 is 14.8 Å². The zero-order valence-corrected chi connectivity index (χ0v) is 14.5. The number of hydrogen-bond donors (Lipinski definition) is 1. The van der Waals surface area contributed by atoms with Gasteiger partial charge in [0.25, 0.3) is 5.91 Å². The molecule has 2 aromatic carbocycles. The summed E-state index contributed by atoms with van der Waals surface area (Å²) in [6.45, 7) is 6.73. The molecule has 4 heteroatoms. The Morgan fingerprint density at radius 1 is 1.04 bits per heavy atom. The van der Waals surface area contributed by atoms with Gasteiger partial charge in [-0.05, 0) is 50.1 Å². The van der Waals surface area contributed by atoms with Crippen molar-refractivity contribution in [3.05, 3.63) is 59.7 Å². The summed E-state index contributed by atoms with van der Waals surface area (Å²) in [5.41, 5.74) is 2.43. The first kappa shape index (κ1) is 17.9. The molecule has 0 aromatic heterocycles. The van der Waals surface area contributed by atoms with Crippen LogP contribution < -0.4 is 14.8 Å². The summed E-state index contributed by atoms with van der Waals surface area (Å²) in [6.07, 6.45) is 0.464. The van der Waals surface area contributed by atoms with Crippen molar-refractivity contribution in [2.45, 2.75) is 33.3 Å². The van der Waals surface area contributed by atoms with E-state index in [2.05, 4.69) is 12.2 Å². The Morgan fingerprint density at radius 3 is 2.29 bits per heavy atom. The van der Waals surface area contributed by atoms with E-state index in [-0.39, 0.29) is 5.91 Å². The smallest absolute Gasteiger partial charge is 0.260 e. The molecule has 0 saturated carbocycles. The fourth-order valence-corrected chi connectivity index (χ4v) is 2.18. The second-order valence-electron chi connectivity index (χ2n) is 5.71. The predicted octanol–water partition coefficient (Wildman–Crippen LogP) is 3.52. The molecule has 1 amide bonds. The standard InChI is InChI=1S/C20H25NO3/c1-4-17-7-11-18(12-8-17)23-14-13-21-20(22)16(3)24-19-9-5-15(2)6-10-19/h5-12,16H,4,13-14H2,1-3H3,(H,21,22)/t16-/m1/s1. The summed E-state index contributed by atoms with van der Waals surface area (Å²) in [5, 5.41) is 2.82. The van der Waals surface area contributed by atoms with Crippen molar-refractivity contribution in [2.24, 2.45) is 0 Å². The average molecular weight is 327 g/mol. The van der Waals surface area contributed by atoms with Crippen molar-refractivity contribution >= 4 is 5.91 Å². The number of rotatable bonds is 8. The van der Waals surface area contributed by atoms with E-state index in [1.807, 2.05) is 55.5 Å². The van der Waals surface area contributed by atoms with E-state index >= 15 is 0 Å². The number of benzene rings is 2. The zero-order valence-electron chi connectivity index (χ0n) is 14.5. The predicted molar refractivity (Wildman–Crippen MR) is 95.6 cm³/mol. The molecule has 0 radical (unpaired) electrons. The molecule has 128 valence electrons. The quantitative estimate of drug-likeness (QED) is 0.755. The maximum atomic E-state index is 12.0. The van der Waals surface area contributed by atoms with Crippen molar-refractivity contribution < 1.29 is 14.3 Å². The molecular weight excluding hydrogens is 302 g/mol. The summed E-state index contributed by atoms with van der Waals surface area (Å²) in [4.78, 5) is 12.0. The van der Waals surface area contributed by atoms with Crippen LogP contribution in [-0.4, -0.2) is 25.2 Å². The molecule has 0 saturated heterocycles. The Kier molecular flexibility index (Phi) is 6.67. The average Bonchev–Trinajstić information content (AvgIpc) is 2.61. The minimum atomic E-state index is -0.545. The lowest BCUT2D eigenvalue weighted by Crippen LogP contribution is -2.38. The molecule has 1 N–H and O–H groups in total. The van der Waals surface area contributed by atoms with Crippen LogP contribution in [0.1, 0.15) is 25.0 Å². The summed E-state index contributed by atoms with van der Waals surface area (Å²) >= 11 is 0. The highest BCUT2D eigenvalue weighted by molar-refractivity contribution is 5.80. The van der Waals surface area contributed by atoms with E-state index in [0.717, 1.165) is 17.7 Å². The maximum Gasteiger partial charge on any atom is 0.260 e. The topological polar surface area (TPSA) is 47.6 Å². The van der Waals surface area contributed by atoms with Crippen molar-refractivity contribution in [1.82, 2.24) is 5.32 Å². The number of amides is 1. The van der Waals surface area contributed by atoms with Crippen LogP contribution in [0.5, 0.6) is 11.5 Å². The lowest BCUT2D eigenvalue weighted by atomic mass is 10.2. The molecule has 2 rings (SSSR count). The highest BCUT2D eigenvalue weighted by Gasteiger charge is 2.13. The Hall–Kier alpha value is -2.49. The van der Waals surface area contributed by atoms with Crippen LogP contribution in [0.15, 0.2) is 48.5 Å². The van der Waals surface area contributed by atoms with Crippen LogP contribution in [0.25, 0.3) is 0 Å². The molecule has 0 bridgehead atoms. The van der Waals surface area contributed by atoms with Crippen LogP contribution in [0.4, 0.5) is 0 Å². The highest BCUT2D eigenvalue weighted by Crippen LogP contribution is 2.14. The van der Waals surface area contributed by atoms with E-state index in [9.17, 15) is 4.79 Å². The molecule has 0 aliphatic carbocycles. The van der Waals surface area contributed by atoms with Crippen molar-refractivity contribution in [3.63, 3.8) is 0 Å². The largest absolute Gasteiger partial charge is 0.492 e. The normalized spacial score (nSPS) is 11.6. The maximum absolute atomic E-state index is 12.0. The molecule has 0 aliphatic rings. The minimum absolute atomic E-state index is 0.152. The SMILES string of the molecule is CCc1ccc(OCCNC(=O)[C@@H](C)Oc2ccc(C)cc2)cc1. The lowest BCUT2D eigenvalue weighted by molar-refractivity contribution is -0.127. The van der Waals surface area contributed by atoms with E-state index in [4.69, 9.17) is 9.47 Å². The highest BCUT2D eigenvalue weighted by atomic mass is 16.5. The van der Waals surface area contributed by atoms with Gasteiger partial charge in [-0.2, -0.15) is 0 Å².